The Morgan fingerprint density at radius 1 is 1.39 bits per heavy atom. The molecule has 3 unspecified atom stereocenters. The summed E-state index contributed by atoms with van der Waals surface area (Å²) in [7, 11) is 0. The first-order chi connectivity index (χ1) is 8.63. The molecule has 2 N–H and O–H groups in total. The van der Waals surface area contributed by atoms with Crippen LogP contribution in [0.3, 0.4) is 0 Å². The topological polar surface area (TPSA) is 26.0 Å². The third-order valence-corrected chi connectivity index (χ3v) is 5.56. The van der Waals surface area contributed by atoms with E-state index >= 15 is 0 Å². The minimum Gasteiger partial charge on any atom is -0.330 e. The molecule has 1 nitrogen and oxygen atoms in total. The fraction of sp³-hybridized carbons (Fsp3) is 0.600. The van der Waals surface area contributed by atoms with E-state index in [1.54, 1.807) is 6.07 Å². The summed E-state index contributed by atoms with van der Waals surface area (Å²) in [6, 6.07) is 5.39. The second-order valence-corrected chi connectivity index (χ2v) is 6.97. The molecule has 0 spiro atoms. The summed E-state index contributed by atoms with van der Waals surface area (Å²) in [5, 5.41) is 0. The van der Waals surface area contributed by atoms with Crippen LogP contribution in [0.4, 0.5) is 4.39 Å². The van der Waals surface area contributed by atoms with Crippen LogP contribution in [0.2, 0.25) is 0 Å². The van der Waals surface area contributed by atoms with E-state index in [-0.39, 0.29) is 11.2 Å². The number of halogens is 2. The number of rotatable bonds is 3. The Hall–Kier alpha value is -0.410. The molecule has 1 aromatic carbocycles. The molecule has 98 valence electrons. The second kappa shape index (κ2) is 4.61. The molecule has 1 aromatic rings. The van der Waals surface area contributed by atoms with Gasteiger partial charge in [-0.05, 0) is 67.2 Å². The number of hydrogen-bond donors (Lipinski definition) is 1. The van der Waals surface area contributed by atoms with Gasteiger partial charge < -0.3 is 5.73 Å². The summed E-state index contributed by atoms with van der Waals surface area (Å²) in [5.74, 6) is 1.47. The molecule has 2 saturated carbocycles. The van der Waals surface area contributed by atoms with Crippen LogP contribution in [0.25, 0.3) is 0 Å². The van der Waals surface area contributed by atoms with Crippen LogP contribution in [-0.2, 0) is 6.42 Å². The minimum atomic E-state index is -0.0972. The van der Waals surface area contributed by atoms with Gasteiger partial charge in [-0.2, -0.15) is 0 Å². The van der Waals surface area contributed by atoms with Gasteiger partial charge in [0.2, 0.25) is 0 Å². The Morgan fingerprint density at radius 2 is 2.22 bits per heavy atom. The Kier molecular flexibility index (Phi) is 3.23. The molecule has 0 amide bonds. The molecule has 3 atom stereocenters. The molecule has 2 bridgehead atoms. The quantitative estimate of drug-likeness (QED) is 0.900. The highest BCUT2D eigenvalue weighted by molar-refractivity contribution is 9.10. The fourth-order valence-corrected chi connectivity index (χ4v) is 4.47. The Balaban J connectivity index is 1.86. The largest absolute Gasteiger partial charge is 0.330 e. The van der Waals surface area contributed by atoms with Gasteiger partial charge in [-0.1, -0.05) is 28.4 Å². The first kappa shape index (κ1) is 12.6. The van der Waals surface area contributed by atoms with Gasteiger partial charge in [0.15, 0.2) is 0 Å². The zero-order valence-corrected chi connectivity index (χ0v) is 12.0. The highest BCUT2D eigenvalue weighted by Crippen LogP contribution is 2.56. The highest BCUT2D eigenvalue weighted by atomic mass is 79.9. The smallest absolute Gasteiger partial charge is 0.127 e. The summed E-state index contributed by atoms with van der Waals surface area (Å²) >= 11 is 3.31. The van der Waals surface area contributed by atoms with Crippen molar-refractivity contribution < 1.29 is 4.39 Å². The first-order valence-corrected chi connectivity index (χ1v) is 7.56. The Labute approximate surface area is 116 Å². The molecule has 2 fully saturated rings. The lowest BCUT2D eigenvalue weighted by Crippen LogP contribution is -2.38. The van der Waals surface area contributed by atoms with Gasteiger partial charge in [-0.3, -0.25) is 0 Å². The summed E-state index contributed by atoms with van der Waals surface area (Å²) in [5.41, 5.74) is 7.05. The van der Waals surface area contributed by atoms with Crippen LogP contribution in [0, 0.1) is 23.1 Å². The minimum absolute atomic E-state index is 0.0972. The third kappa shape index (κ3) is 2.01. The van der Waals surface area contributed by atoms with Crippen molar-refractivity contribution in [1.29, 1.82) is 0 Å². The van der Waals surface area contributed by atoms with Gasteiger partial charge in [0, 0.05) is 4.47 Å². The molecule has 0 heterocycles. The van der Waals surface area contributed by atoms with Crippen molar-refractivity contribution in [1.82, 2.24) is 0 Å². The predicted molar refractivity (Wildman–Crippen MR) is 74.7 cm³/mol. The molecule has 2 aliphatic rings. The highest BCUT2D eigenvalue weighted by Gasteiger charge is 2.49. The SMILES string of the molecule is NCC1(Cc2ccc(Br)cc2F)CC2CCC1C2. The molecule has 2 aliphatic carbocycles. The summed E-state index contributed by atoms with van der Waals surface area (Å²) in [6.07, 6.45) is 5.97. The van der Waals surface area contributed by atoms with Crippen molar-refractivity contribution in [2.45, 2.75) is 32.1 Å². The van der Waals surface area contributed by atoms with E-state index in [9.17, 15) is 4.39 Å². The normalized spacial score (nSPS) is 34.2. The van der Waals surface area contributed by atoms with Gasteiger partial charge in [-0.15, -0.1) is 0 Å². The summed E-state index contributed by atoms with van der Waals surface area (Å²) in [6.45, 7) is 0.698. The van der Waals surface area contributed by atoms with E-state index in [4.69, 9.17) is 5.73 Å². The molecular weight excluding hydrogens is 293 g/mol. The van der Waals surface area contributed by atoms with Crippen LogP contribution >= 0.6 is 15.9 Å². The average Bonchev–Trinajstić information content (AvgIpc) is 2.93. The van der Waals surface area contributed by atoms with E-state index in [1.165, 1.54) is 25.7 Å². The maximum absolute atomic E-state index is 14.0. The predicted octanol–water partition coefficient (Wildman–Crippen LogP) is 3.90. The van der Waals surface area contributed by atoms with Crippen molar-refractivity contribution in [3.05, 3.63) is 34.1 Å². The van der Waals surface area contributed by atoms with Gasteiger partial charge in [-0.25, -0.2) is 4.39 Å². The lowest BCUT2D eigenvalue weighted by Gasteiger charge is -2.37. The van der Waals surface area contributed by atoms with Gasteiger partial charge in [0.25, 0.3) is 0 Å². The van der Waals surface area contributed by atoms with E-state index in [0.29, 0.717) is 6.54 Å². The zero-order valence-electron chi connectivity index (χ0n) is 10.5. The zero-order chi connectivity index (χ0) is 12.8. The van der Waals surface area contributed by atoms with Crippen LogP contribution in [-0.4, -0.2) is 6.54 Å². The summed E-state index contributed by atoms with van der Waals surface area (Å²) in [4.78, 5) is 0. The van der Waals surface area contributed by atoms with Crippen molar-refractivity contribution in [3.63, 3.8) is 0 Å². The fourth-order valence-electron chi connectivity index (χ4n) is 4.14. The molecule has 0 aliphatic heterocycles. The molecular formula is C15H19BrFN. The van der Waals surface area contributed by atoms with Crippen LogP contribution < -0.4 is 5.73 Å². The van der Waals surface area contributed by atoms with Gasteiger partial charge in [0.1, 0.15) is 5.82 Å². The van der Waals surface area contributed by atoms with Crippen molar-refractivity contribution >= 4 is 15.9 Å². The summed E-state index contributed by atoms with van der Waals surface area (Å²) < 4.78 is 14.8. The Bertz CT molecular complexity index is 462. The van der Waals surface area contributed by atoms with Crippen LogP contribution in [0.15, 0.2) is 22.7 Å². The van der Waals surface area contributed by atoms with E-state index in [0.717, 1.165) is 28.3 Å². The molecule has 18 heavy (non-hydrogen) atoms. The Morgan fingerprint density at radius 3 is 2.78 bits per heavy atom. The number of benzene rings is 1. The van der Waals surface area contributed by atoms with Gasteiger partial charge >= 0.3 is 0 Å². The van der Waals surface area contributed by atoms with E-state index in [2.05, 4.69) is 15.9 Å². The van der Waals surface area contributed by atoms with Crippen molar-refractivity contribution in [2.24, 2.45) is 23.0 Å². The third-order valence-electron chi connectivity index (χ3n) is 5.07. The lowest BCUT2D eigenvalue weighted by molar-refractivity contribution is 0.170. The van der Waals surface area contributed by atoms with Crippen molar-refractivity contribution in [3.8, 4) is 0 Å². The molecule has 0 aromatic heterocycles. The average molecular weight is 312 g/mol. The maximum atomic E-state index is 14.0. The molecule has 0 saturated heterocycles. The maximum Gasteiger partial charge on any atom is 0.127 e. The van der Waals surface area contributed by atoms with E-state index < -0.39 is 0 Å². The molecule has 3 heteroatoms. The number of hydrogen-bond acceptors (Lipinski definition) is 1. The lowest BCUT2D eigenvalue weighted by atomic mass is 9.69. The van der Waals surface area contributed by atoms with E-state index in [1.807, 2.05) is 12.1 Å². The van der Waals surface area contributed by atoms with Crippen molar-refractivity contribution in [2.75, 3.05) is 6.54 Å². The number of nitrogens with two attached hydrogens (primary N) is 1. The van der Waals surface area contributed by atoms with Crippen LogP contribution in [0.5, 0.6) is 0 Å². The standard InChI is InChI=1S/C15H19BrFN/c16-13-4-2-11(14(17)6-13)8-15(9-18)7-10-1-3-12(15)5-10/h2,4,6,10,12H,1,3,5,7-9,18H2. The second-order valence-electron chi connectivity index (χ2n) is 6.06. The monoisotopic (exact) mass is 311 g/mol. The first-order valence-electron chi connectivity index (χ1n) is 6.77. The molecule has 0 radical (unpaired) electrons. The number of fused-ring (bicyclic) bond motifs is 2. The molecule has 3 rings (SSSR count). The van der Waals surface area contributed by atoms with Crippen LogP contribution in [0.1, 0.15) is 31.2 Å². The van der Waals surface area contributed by atoms with Gasteiger partial charge in [0.05, 0.1) is 0 Å².